The van der Waals surface area contributed by atoms with E-state index in [-0.39, 0.29) is 6.04 Å². The van der Waals surface area contributed by atoms with Crippen molar-refractivity contribution in [3.63, 3.8) is 0 Å². The van der Waals surface area contributed by atoms with Gasteiger partial charge in [-0.25, -0.2) is 0 Å². The lowest BCUT2D eigenvalue weighted by Crippen LogP contribution is -2.54. The van der Waals surface area contributed by atoms with Crippen molar-refractivity contribution in [2.45, 2.75) is 63.2 Å². The Hall–Kier alpha value is -0.280. The molecule has 1 N–H and O–H groups in total. The fraction of sp³-hybridized carbons (Fsp3) is 0.647. The summed E-state index contributed by atoms with van der Waals surface area (Å²) >= 11 is 12.4. The van der Waals surface area contributed by atoms with E-state index in [9.17, 15) is 0 Å². The van der Waals surface area contributed by atoms with Crippen molar-refractivity contribution < 1.29 is 0 Å². The molecule has 1 aromatic rings. The molecule has 2 aliphatic heterocycles. The van der Waals surface area contributed by atoms with Crippen LogP contribution in [0.15, 0.2) is 18.2 Å². The Morgan fingerprint density at radius 2 is 1.86 bits per heavy atom. The molecule has 1 aromatic carbocycles. The van der Waals surface area contributed by atoms with Gasteiger partial charge in [-0.1, -0.05) is 29.6 Å². The molecule has 0 aliphatic carbocycles. The number of hydrogen-bond acceptors (Lipinski definition) is 2. The minimum atomic E-state index is 0.241. The van der Waals surface area contributed by atoms with Crippen LogP contribution in [0.3, 0.4) is 0 Å². The van der Waals surface area contributed by atoms with E-state index >= 15 is 0 Å². The minimum absolute atomic E-state index is 0.241. The van der Waals surface area contributed by atoms with Crippen LogP contribution in [0.5, 0.6) is 0 Å². The third-order valence-electron chi connectivity index (χ3n) is 5.25. The smallest absolute Gasteiger partial charge is 0.0454 e. The second-order valence-electron chi connectivity index (χ2n) is 6.63. The molecule has 2 saturated heterocycles. The van der Waals surface area contributed by atoms with Gasteiger partial charge in [0.05, 0.1) is 0 Å². The summed E-state index contributed by atoms with van der Waals surface area (Å²) in [6.45, 7) is 2.19. The Bertz CT molecular complexity index is 492. The molecule has 3 rings (SSSR count). The molecule has 2 nitrogen and oxygen atoms in total. The summed E-state index contributed by atoms with van der Waals surface area (Å²) in [5, 5.41) is 5.33. The van der Waals surface area contributed by atoms with E-state index in [0.717, 1.165) is 27.7 Å². The maximum atomic E-state index is 6.32. The Kier molecular flexibility index (Phi) is 4.80. The van der Waals surface area contributed by atoms with Crippen LogP contribution in [-0.4, -0.2) is 30.1 Å². The number of halogens is 2. The van der Waals surface area contributed by atoms with E-state index in [4.69, 9.17) is 23.2 Å². The van der Waals surface area contributed by atoms with Gasteiger partial charge in [0, 0.05) is 34.2 Å². The lowest BCUT2D eigenvalue weighted by atomic mass is 9.82. The van der Waals surface area contributed by atoms with Crippen LogP contribution in [0, 0.1) is 0 Å². The summed E-state index contributed by atoms with van der Waals surface area (Å²) in [5.41, 5.74) is 1.10. The summed E-state index contributed by atoms with van der Waals surface area (Å²) in [7, 11) is 2.29. The molecule has 0 amide bonds. The first kappa shape index (κ1) is 15.6. The normalized spacial score (nSPS) is 31.1. The first-order valence-corrected chi connectivity index (χ1v) is 8.73. The van der Waals surface area contributed by atoms with Crippen molar-refractivity contribution >= 4 is 23.2 Å². The highest BCUT2D eigenvalue weighted by atomic mass is 35.5. The molecule has 0 aromatic heterocycles. The van der Waals surface area contributed by atoms with Crippen LogP contribution in [-0.2, 0) is 0 Å². The average Bonchev–Trinajstić information content (AvgIpc) is 2.42. The van der Waals surface area contributed by atoms with Crippen LogP contribution in [0.1, 0.15) is 50.6 Å². The molecule has 116 valence electrons. The van der Waals surface area contributed by atoms with E-state index in [1.54, 1.807) is 0 Å². The summed E-state index contributed by atoms with van der Waals surface area (Å²) in [4.78, 5) is 2.60. The van der Waals surface area contributed by atoms with E-state index < -0.39 is 0 Å². The number of piperidine rings is 2. The van der Waals surface area contributed by atoms with Crippen molar-refractivity contribution in [2.75, 3.05) is 7.05 Å². The zero-order chi connectivity index (χ0) is 15.0. The first-order chi connectivity index (χ1) is 10.0. The van der Waals surface area contributed by atoms with Gasteiger partial charge in [-0.15, -0.1) is 0 Å². The number of hydrogen-bond donors (Lipinski definition) is 1. The second-order valence-corrected chi connectivity index (χ2v) is 7.47. The van der Waals surface area contributed by atoms with Gasteiger partial charge in [-0.3, -0.25) is 0 Å². The Morgan fingerprint density at radius 1 is 1.19 bits per heavy atom. The minimum Gasteiger partial charge on any atom is -0.307 e. The average molecular weight is 327 g/mol. The van der Waals surface area contributed by atoms with Crippen molar-refractivity contribution in [1.82, 2.24) is 10.2 Å². The lowest BCUT2D eigenvalue weighted by Gasteiger charge is -2.47. The highest BCUT2D eigenvalue weighted by molar-refractivity contribution is 6.33. The molecular weight excluding hydrogens is 303 g/mol. The predicted octanol–water partition coefficient (Wildman–Crippen LogP) is 4.66. The van der Waals surface area contributed by atoms with Gasteiger partial charge < -0.3 is 10.2 Å². The maximum Gasteiger partial charge on any atom is 0.0454 e. The molecule has 2 heterocycles. The summed E-state index contributed by atoms with van der Waals surface area (Å²) in [5.74, 6) is 0. The van der Waals surface area contributed by atoms with Crippen LogP contribution >= 0.6 is 23.2 Å². The van der Waals surface area contributed by atoms with Gasteiger partial charge in [-0.05, 0) is 63.4 Å². The standard InChI is InChI=1S/C17H24Cl2N2/c1-11(16-8-12(18)6-7-17(16)19)20-13-9-14-4-3-5-15(10-13)21(14)2/h6-8,11,13-15,20H,3-5,9-10H2,1-2H3. The third kappa shape index (κ3) is 3.39. The van der Waals surface area contributed by atoms with Crippen molar-refractivity contribution in [1.29, 1.82) is 0 Å². The summed E-state index contributed by atoms with van der Waals surface area (Å²) < 4.78 is 0. The molecule has 0 saturated carbocycles. The molecular formula is C17H24Cl2N2. The molecule has 4 heteroatoms. The quantitative estimate of drug-likeness (QED) is 0.869. The summed E-state index contributed by atoms with van der Waals surface area (Å²) in [6, 6.07) is 8.04. The zero-order valence-electron chi connectivity index (χ0n) is 12.8. The molecule has 3 unspecified atom stereocenters. The largest absolute Gasteiger partial charge is 0.307 e. The molecule has 2 bridgehead atoms. The van der Waals surface area contributed by atoms with Crippen LogP contribution in [0.4, 0.5) is 0 Å². The van der Waals surface area contributed by atoms with Crippen molar-refractivity contribution in [3.05, 3.63) is 33.8 Å². The highest BCUT2D eigenvalue weighted by Gasteiger charge is 2.36. The van der Waals surface area contributed by atoms with Gasteiger partial charge >= 0.3 is 0 Å². The number of nitrogens with one attached hydrogen (secondary N) is 1. The van der Waals surface area contributed by atoms with Crippen molar-refractivity contribution in [2.24, 2.45) is 0 Å². The van der Waals surface area contributed by atoms with Gasteiger partial charge in [-0.2, -0.15) is 0 Å². The van der Waals surface area contributed by atoms with E-state index in [1.165, 1.54) is 32.1 Å². The van der Waals surface area contributed by atoms with Crippen LogP contribution in [0.2, 0.25) is 10.0 Å². The number of nitrogens with zero attached hydrogens (tertiary/aromatic N) is 1. The third-order valence-corrected chi connectivity index (χ3v) is 5.83. The fourth-order valence-electron chi connectivity index (χ4n) is 4.04. The zero-order valence-corrected chi connectivity index (χ0v) is 14.3. The van der Waals surface area contributed by atoms with E-state index in [0.29, 0.717) is 6.04 Å². The Labute approximate surface area is 137 Å². The Morgan fingerprint density at radius 3 is 2.52 bits per heavy atom. The topological polar surface area (TPSA) is 15.3 Å². The maximum absolute atomic E-state index is 6.32. The van der Waals surface area contributed by atoms with E-state index in [2.05, 4.69) is 24.2 Å². The lowest BCUT2D eigenvalue weighted by molar-refractivity contribution is 0.0463. The summed E-state index contributed by atoms with van der Waals surface area (Å²) in [6.07, 6.45) is 6.57. The van der Waals surface area contributed by atoms with Gasteiger partial charge in [0.1, 0.15) is 0 Å². The Balaban J connectivity index is 1.68. The molecule has 2 fully saturated rings. The molecule has 21 heavy (non-hydrogen) atoms. The number of rotatable bonds is 3. The first-order valence-electron chi connectivity index (χ1n) is 7.97. The fourth-order valence-corrected chi connectivity index (χ4v) is 4.50. The van der Waals surface area contributed by atoms with Crippen molar-refractivity contribution in [3.8, 4) is 0 Å². The van der Waals surface area contributed by atoms with Gasteiger partial charge in [0.15, 0.2) is 0 Å². The van der Waals surface area contributed by atoms with E-state index in [1.807, 2.05) is 18.2 Å². The van der Waals surface area contributed by atoms with Crippen LogP contribution < -0.4 is 5.32 Å². The monoisotopic (exact) mass is 326 g/mol. The second kappa shape index (κ2) is 6.45. The van der Waals surface area contributed by atoms with Gasteiger partial charge in [0.2, 0.25) is 0 Å². The predicted molar refractivity (Wildman–Crippen MR) is 90.2 cm³/mol. The molecule has 0 radical (unpaired) electrons. The highest BCUT2D eigenvalue weighted by Crippen LogP contribution is 2.34. The molecule has 0 spiro atoms. The number of fused-ring (bicyclic) bond motifs is 2. The number of benzene rings is 1. The molecule has 3 atom stereocenters. The SMILES string of the molecule is CC(NC1CC2CCCC(C1)N2C)c1cc(Cl)ccc1Cl. The van der Waals surface area contributed by atoms with Gasteiger partial charge in [0.25, 0.3) is 0 Å². The molecule has 2 aliphatic rings. The van der Waals surface area contributed by atoms with Crippen LogP contribution in [0.25, 0.3) is 0 Å².